The average Bonchev–Trinajstić information content (AvgIpc) is 2.53. The molecule has 4 heteroatoms. The summed E-state index contributed by atoms with van der Waals surface area (Å²) in [6.45, 7) is 6.03. The van der Waals surface area contributed by atoms with Crippen LogP contribution in [-0.2, 0) is 11.3 Å². The van der Waals surface area contributed by atoms with E-state index < -0.39 is 0 Å². The molecule has 120 valence electrons. The van der Waals surface area contributed by atoms with Crippen LogP contribution in [0.15, 0.2) is 54.6 Å². The van der Waals surface area contributed by atoms with Gasteiger partial charge in [-0.2, -0.15) is 0 Å². The van der Waals surface area contributed by atoms with E-state index in [1.54, 1.807) is 0 Å². The first-order valence-electron chi connectivity index (χ1n) is 7.96. The minimum Gasteiger partial charge on any atom is -0.377 e. The molecule has 0 radical (unpaired) electrons. The van der Waals surface area contributed by atoms with Gasteiger partial charge in [0.05, 0.1) is 17.9 Å². The molecule has 0 aliphatic carbocycles. The summed E-state index contributed by atoms with van der Waals surface area (Å²) >= 11 is 0. The number of carbonyl (C=O) groups excluding carboxylic acids is 1. The standard InChI is InChI=1S/C19H23N3O/c1-19(2)14-22(17-11-7-6-10-16(17)21-19)13-18(23)20-12-15-8-4-3-5-9-15/h3-11,21H,12-14H2,1-2H3,(H,20,23). The highest BCUT2D eigenvalue weighted by Crippen LogP contribution is 2.33. The van der Waals surface area contributed by atoms with Crippen molar-refractivity contribution in [3.8, 4) is 0 Å². The maximum Gasteiger partial charge on any atom is 0.239 e. The van der Waals surface area contributed by atoms with Crippen molar-refractivity contribution in [3.63, 3.8) is 0 Å². The van der Waals surface area contributed by atoms with Crippen molar-refractivity contribution < 1.29 is 4.79 Å². The van der Waals surface area contributed by atoms with Crippen molar-refractivity contribution in [2.24, 2.45) is 0 Å². The van der Waals surface area contributed by atoms with Gasteiger partial charge in [-0.15, -0.1) is 0 Å². The number of rotatable bonds is 4. The summed E-state index contributed by atoms with van der Waals surface area (Å²) in [5, 5.41) is 6.53. The van der Waals surface area contributed by atoms with E-state index in [2.05, 4.69) is 41.5 Å². The summed E-state index contributed by atoms with van der Waals surface area (Å²) in [6.07, 6.45) is 0. The van der Waals surface area contributed by atoms with Gasteiger partial charge in [0.15, 0.2) is 0 Å². The fourth-order valence-corrected chi connectivity index (χ4v) is 2.99. The quantitative estimate of drug-likeness (QED) is 0.912. The Morgan fingerprint density at radius 1 is 1.13 bits per heavy atom. The zero-order valence-electron chi connectivity index (χ0n) is 13.7. The van der Waals surface area contributed by atoms with Crippen LogP contribution in [0.4, 0.5) is 11.4 Å². The molecule has 0 bridgehead atoms. The largest absolute Gasteiger partial charge is 0.377 e. The van der Waals surface area contributed by atoms with Crippen LogP contribution in [0.5, 0.6) is 0 Å². The first kappa shape index (κ1) is 15.4. The maximum absolute atomic E-state index is 12.3. The van der Waals surface area contributed by atoms with Crippen molar-refractivity contribution >= 4 is 17.3 Å². The van der Waals surface area contributed by atoms with E-state index in [4.69, 9.17) is 0 Å². The van der Waals surface area contributed by atoms with E-state index in [0.717, 1.165) is 23.5 Å². The van der Waals surface area contributed by atoms with E-state index in [1.807, 2.05) is 42.5 Å². The summed E-state index contributed by atoms with van der Waals surface area (Å²) in [4.78, 5) is 14.5. The summed E-state index contributed by atoms with van der Waals surface area (Å²) < 4.78 is 0. The van der Waals surface area contributed by atoms with E-state index in [-0.39, 0.29) is 11.4 Å². The van der Waals surface area contributed by atoms with Gasteiger partial charge in [-0.3, -0.25) is 4.79 Å². The van der Waals surface area contributed by atoms with Gasteiger partial charge in [-0.25, -0.2) is 0 Å². The van der Waals surface area contributed by atoms with Gasteiger partial charge in [0.25, 0.3) is 0 Å². The van der Waals surface area contributed by atoms with Crippen LogP contribution in [0.1, 0.15) is 19.4 Å². The molecular weight excluding hydrogens is 286 g/mol. The highest BCUT2D eigenvalue weighted by Gasteiger charge is 2.29. The highest BCUT2D eigenvalue weighted by molar-refractivity contribution is 5.84. The molecule has 4 nitrogen and oxygen atoms in total. The number of anilines is 2. The number of carbonyl (C=O) groups is 1. The highest BCUT2D eigenvalue weighted by atomic mass is 16.2. The normalized spacial score (nSPS) is 15.5. The van der Waals surface area contributed by atoms with E-state index in [9.17, 15) is 4.79 Å². The third-order valence-corrected chi connectivity index (χ3v) is 3.97. The van der Waals surface area contributed by atoms with Crippen LogP contribution < -0.4 is 15.5 Å². The molecule has 2 aromatic carbocycles. The molecule has 0 saturated carbocycles. The molecule has 0 atom stereocenters. The van der Waals surface area contributed by atoms with Crippen LogP contribution in [0.25, 0.3) is 0 Å². The predicted octanol–water partition coefficient (Wildman–Crippen LogP) is 3.01. The summed E-state index contributed by atoms with van der Waals surface area (Å²) in [7, 11) is 0. The second kappa shape index (κ2) is 6.32. The van der Waals surface area contributed by atoms with Gasteiger partial charge in [0.1, 0.15) is 0 Å². The molecule has 1 aliphatic rings. The number of hydrogen-bond acceptors (Lipinski definition) is 3. The average molecular weight is 309 g/mol. The molecule has 23 heavy (non-hydrogen) atoms. The number of hydrogen-bond donors (Lipinski definition) is 2. The Morgan fingerprint density at radius 2 is 1.83 bits per heavy atom. The van der Waals surface area contributed by atoms with Crippen LogP contribution >= 0.6 is 0 Å². The summed E-state index contributed by atoms with van der Waals surface area (Å²) in [5.41, 5.74) is 3.22. The number of benzene rings is 2. The van der Waals surface area contributed by atoms with Gasteiger partial charge in [0.2, 0.25) is 5.91 Å². The van der Waals surface area contributed by atoms with Gasteiger partial charge in [-0.05, 0) is 31.5 Å². The van der Waals surface area contributed by atoms with Crippen LogP contribution in [0, 0.1) is 0 Å². The van der Waals surface area contributed by atoms with Crippen LogP contribution in [0.2, 0.25) is 0 Å². The Balaban J connectivity index is 1.66. The third-order valence-electron chi connectivity index (χ3n) is 3.97. The van der Waals surface area contributed by atoms with Gasteiger partial charge in [0, 0.05) is 18.6 Å². The number of para-hydroxylation sites is 2. The molecule has 2 N–H and O–H groups in total. The lowest BCUT2D eigenvalue weighted by molar-refractivity contribution is -0.119. The molecule has 1 amide bonds. The second-order valence-electron chi connectivity index (χ2n) is 6.64. The molecule has 0 fully saturated rings. The van der Waals surface area contributed by atoms with Crippen molar-refractivity contribution in [2.75, 3.05) is 23.3 Å². The number of fused-ring (bicyclic) bond motifs is 1. The first-order valence-corrected chi connectivity index (χ1v) is 7.96. The van der Waals surface area contributed by atoms with Gasteiger partial charge >= 0.3 is 0 Å². The smallest absolute Gasteiger partial charge is 0.239 e. The molecular formula is C19H23N3O. The summed E-state index contributed by atoms with van der Waals surface area (Å²) in [5.74, 6) is 0.0429. The Hall–Kier alpha value is -2.49. The van der Waals surface area contributed by atoms with Crippen molar-refractivity contribution in [1.29, 1.82) is 0 Å². The minimum absolute atomic E-state index is 0.0429. The van der Waals surface area contributed by atoms with E-state index in [0.29, 0.717) is 13.1 Å². The molecule has 0 unspecified atom stereocenters. The molecule has 0 saturated heterocycles. The number of nitrogens with one attached hydrogen (secondary N) is 2. The maximum atomic E-state index is 12.3. The van der Waals surface area contributed by atoms with Crippen molar-refractivity contribution in [3.05, 3.63) is 60.2 Å². The zero-order chi connectivity index (χ0) is 16.3. The minimum atomic E-state index is -0.0614. The lowest BCUT2D eigenvalue weighted by atomic mass is 9.99. The van der Waals surface area contributed by atoms with Gasteiger partial charge < -0.3 is 15.5 Å². The lowest BCUT2D eigenvalue weighted by Crippen LogP contribution is -2.51. The Bertz CT molecular complexity index is 682. The Labute approximate surface area is 137 Å². The first-order chi connectivity index (χ1) is 11.0. The molecule has 0 aromatic heterocycles. The van der Waals surface area contributed by atoms with Gasteiger partial charge in [-0.1, -0.05) is 42.5 Å². The topological polar surface area (TPSA) is 44.4 Å². The van der Waals surface area contributed by atoms with E-state index >= 15 is 0 Å². The van der Waals surface area contributed by atoms with Crippen LogP contribution in [0.3, 0.4) is 0 Å². The van der Waals surface area contributed by atoms with Crippen LogP contribution in [-0.4, -0.2) is 24.5 Å². The SMILES string of the molecule is CC1(C)CN(CC(=O)NCc2ccccc2)c2ccccc2N1. The van der Waals surface area contributed by atoms with Crippen molar-refractivity contribution in [2.45, 2.75) is 25.9 Å². The van der Waals surface area contributed by atoms with E-state index in [1.165, 1.54) is 0 Å². The van der Waals surface area contributed by atoms with Crippen molar-refractivity contribution in [1.82, 2.24) is 5.32 Å². The Kier molecular flexibility index (Phi) is 4.24. The number of nitrogens with zero attached hydrogens (tertiary/aromatic N) is 1. The molecule has 1 heterocycles. The molecule has 3 rings (SSSR count). The summed E-state index contributed by atoms with van der Waals surface area (Å²) in [6, 6.07) is 18.1. The lowest BCUT2D eigenvalue weighted by Gasteiger charge is -2.41. The fourth-order valence-electron chi connectivity index (χ4n) is 2.99. The molecule has 1 aliphatic heterocycles. The fraction of sp³-hybridized carbons (Fsp3) is 0.316. The number of amides is 1. The third kappa shape index (κ3) is 3.83. The second-order valence-corrected chi connectivity index (χ2v) is 6.64. The zero-order valence-corrected chi connectivity index (χ0v) is 13.7. The molecule has 2 aromatic rings. The predicted molar refractivity (Wildman–Crippen MR) is 94.6 cm³/mol. The molecule has 0 spiro atoms. The Morgan fingerprint density at radius 3 is 2.61 bits per heavy atom. The monoisotopic (exact) mass is 309 g/mol.